The highest BCUT2D eigenvalue weighted by Gasteiger charge is 2.28. The van der Waals surface area contributed by atoms with Crippen molar-refractivity contribution in [3.8, 4) is 5.75 Å². The van der Waals surface area contributed by atoms with E-state index < -0.39 is 0 Å². The second-order valence-corrected chi connectivity index (χ2v) is 6.60. The van der Waals surface area contributed by atoms with Crippen LogP contribution in [0.3, 0.4) is 0 Å². The molecule has 2 N–H and O–H groups in total. The zero-order valence-corrected chi connectivity index (χ0v) is 14.3. The highest BCUT2D eigenvalue weighted by Crippen LogP contribution is 2.32. The average Bonchev–Trinajstić information content (AvgIpc) is 2.58. The van der Waals surface area contributed by atoms with E-state index in [1.54, 1.807) is 7.11 Å². The SMILES string of the molecule is CCC(CC)(CCO)CNC1CCc2c(cccc2OC)C1. The number of aliphatic hydroxyl groups excluding tert-OH is 1. The van der Waals surface area contributed by atoms with E-state index in [9.17, 15) is 5.11 Å². The molecule has 2 rings (SSSR count). The summed E-state index contributed by atoms with van der Waals surface area (Å²) in [6, 6.07) is 6.92. The minimum Gasteiger partial charge on any atom is -0.496 e. The van der Waals surface area contributed by atoms with Gasteiger partial charge >= 0.3 is 0 Å². The average molecular weight is 305 g/mol. The Labute approximate surface area is 135 Å². The number of hydrogen-bond donors (Lipinski definition) is 2. The van der Waals surface area contributed by atoms with Crippen molar-refractivity contribution in [3.05, 3.63) is 29.3 Å². The number of hydrogen-bond acceptors (Lipinski definition) is 3. The van der Waals surface area contributed by atoms with Crippen LogP contribution in [0.5, 0.6) is 5.75 Å². The minimum atomic E-state index is 0.239. The Balaban J connectivity index is 1.98. The van der Waals surface area contributed by atoms with Crippen molar-refractivity contribution >= 4 is 0 Å². The van der Waals surface area contributed by atoms with Crippen molar-refractivity contribution < 1.29 is 9.84 Å². The van der Waals surface area contributed by atoms with Gasteiger partial charge in [0.2, 0.25) is 0 Å². The predicted molar refractivity (Wildman–Crippen MR) is 91.5 cm³/mol. The van der Waals surface area contributed by atoms with Crippen molar-refractivity contribution in [2.45, 2.75) is 58.4 Å². The van der Waals surface area contributed by atoms with Gasteiger partial charge in [-0.1, -0.05) is 26.0 Å². The van der Waals surface area contributed by atoms with Gasteiger partial charge in [-0.3, -0.25) is 0 Å². The summed E-state index contributed by atoms with van der Waals surface area (Å²) in [5.41, 5.74) is 3.04. The van der Waals surface area contributed by atoms with Crippen LogP contribution in [-0.2, 0) is 12.8 Å². The van der Waals surface area contributed by atoms with Crippen LogP contribution in [-0.4, -0.2) is 31.4 Å². The Morgan fingerprint density at radius 2 is 2.09 bits per heavy atom. The van der Waals surface area contributed by atoms with E-state index in [0.717, 1.165) is 50.8 Å². The third kappa shape index (κ3) is 3.82. The molecule has 1 aromatic carbocycles. The van der Waals surface area contributed by atoms with Gasteiger partial charge in [0.15, 0.2) is 0 Å². The maximum Gasteiger partial charge on any atom is 0.122 e. The van der Waals surface area contributed by atoms with Crippen molar-refractivity contribution in [2.24, 2.45) is 5.41 Å². The van der Waals surface area contributed by atoms with E-state index >= 15 is 0 Å². The van der Waals surface area contributed by atoms with Gasteiger partial charge in [0, 0.05) is 19.2 Å². The summed E-state index contributed by atoms with van der Waals surface area (Å²) in [6.45, 7) is 5.77. The van der Waals surface area contributed by atoms with E-state index in [0.29, 0.717) is 6.04 Å². The van der Waals surface area contributed by atoms with E-state index in [4.69, 9.17) is 4.74 Å². The van der Waals surface area contributed by atoms with Crippen LogP contribution in [0.4, 0.5) is 0 Å². The third-order valence-electron chi connectivity index (χ3n) is 5.57. The Morgan fingerprint density at radius 3 is 2.73 bits per heavy atom. The molecule has 3 heteroatoms. The zero-order valence-electron chi connectivity index (χ0n) is 14.3. The number of ether oxygens (including phenoxy) is 1. The van der Waals surface area contributed by atoms with Gasteiger partial charge in [0.1, 0.15) is 5.75 Å². The summed E-state index contributed by atoms with van der Waals surface area (Å²) in [6.07, 6.45) is 6.46. The summed E-state index contributed by atoms with van der Waals surface area (Å²) >= 11 is 0. The van der Waals surface area contributed by atoms with Crippen LogP contribution in [0.25, 0.3) is 0 Å². The monoisotopic (exact) mass is 305 g/mol. The fourth-order valence-electron chi connectivity index (χ4n) is 3.68. The first-order valence-electron chi connectivity index (χ1n) is 8.67. The molecule has 22 heavy (non-hydrogen) atoms. The van der Waals surface area contributed by atoms with Crippen LogP contribution < -0.4 is 10.1 Å². The molecule has 1 unspecified atom stereocenters. The molecule has 0 aromatic heterocycles. The van der Waals surface area contributed by atoms with Gasteiger partial charge in [-0.2, -0.15) is 0 Å². The number of rotatable bonds is 8. The molecule has 0 saturated heterocycles. The van der Waals surface area contributed by atoms with Gasteiger partial charge in [-0.25, -0.2) is 0 Å². The molecule has 0 heterocycles. The molecule has 0 spiro atoms. The Hall–Kier alpha value is -1.06. The zero-order chi connectivity index (χ0) is 16.0. The summed E-state index contributed by atoms with van der Waals surface area (Å²) in [5, 5.41) is 13.1. The standard InChI is InChI=1S/C19H31NO2/c1-4-19(5-2,11-12-21)14-20-16-9-10-17-15(13-16)7-6-8-18(17)22-3/h6-8,16,20-21H,4-5,9-14H2,1-3H3. The first-order valence-corrected chi connectivity index (χ1v) is 8.67. The molecule has 0 fully saturated rings. The predicted octanol–water partition coefficient (Wildman–Crippen LogP) is 3.33. The molecule has 1 aliphatic carbocycles. The Morgan fingerprint density at radius 1 is 1.32 bits per heavy atom. The van der Waals surface area contributed by atoms with Crippen molar-refractivity contribution in [1.29, 1.82) is 0 Å². The molecule has 1 aromatic rings. The summed E-state index contributed by atoms with van der Waals surface area (Å²) in [5.74, 6) is 1.03. The van der Waals surface area contributed by atoms with Gasteiger partial charge in [-0.05, 0) is 61.1 Å². The third-order valence-corrected chi connectivity index (χ3v) is 5.57. The molecular weight excluding hydrogens is 274 g/mol. The van der Waals surface area contributed by atoms with Crippen molar-refractivity contribution in [3.63, 3.8) is 0 Å². The lowest BCUT2D eigenvalue weighted by Gasteiger charge is -2.35. The first-order chi connectivity index (χ1) is 10.7. The Kier molecular flexibility index (Phi) is 6.27. The highest BCUT2D eigenvalue weighted by molar-refractivity contribution is 5.42. The maximum absolute atomic E-state index is 9.35. The summed E-state index contributed by atoms with van der Waals surface area (Å²) in [7, 11) is 1.76. The van der Waals surface area contributed by atoms with Crippen LogP contribution in [0.1, 0.15) is 50.7 Å². The summed E-state index contributed by atoms with van der Waals surface area (Å²) < 4.78 is 5.48. The van der Waals surface area contributed by atoms with E-state index in [-0.39, 0.29) is 12.0 Å². The molecule has 0 amide bonds. The lowest BCUT2D eigenvalue weighted by Crippen LogP contribution is -2.42. The first kappa shape index (κ1) is 17.3. The number of benzene rings is 1. The molecule has 1 aliphatic rings. The van der Waals surface area contributed by atoms with Crippen molar-refractivity contribution in [1.82, 2.24) is 5.32 Å². The highest BCUT2D eigenvalue weighted by atomic mass is 16.5. The quantitative estimate of drug-likeness (QED) is 0.774. The minimum absolute atomic E-state index is 0.239. The second kappa shape index (κ2) is 7.98. The number of methoxy groups -OCH3 is 1. The molecule has 0 radical (unpaired) electrons. The van der Waals surface area contributed by atoms with Crippen LogP contribution in [0.15, 0.2) is 18.2 Å². The molecular formula is C19H31NO2. The molecule has 124 valence electrons. The van der Waals surface area contributed by atoms with E-state index in [1.165, 1.54) is 11.1 Å². The second-order valence-electron chi connectivity index (χ2n) is 6.60. The normalized spacial score (nSPS) is 18.1. The van der Waals surface area contributed by atoms with Crippen LogP contribution in [0.2, 0.25) is 0 Å². The molecule has 0 saturated carbocycles. The smallest absolute Gasteiger partial charge is 0.122 e. The Bertz CT molecular complexity index is 469. The number of aliphatic hydroxyl groups is 1. The van der Waals surface area contributed by atoms with Crippen LogP contribution in [0, 0.1) is 5.41 Å². The number of fused-ring (bicyclic) bond motifs is 1. The molecule has 1 atom stereocenters. The lowest BCUT2D eigenvalue weighted by atomic mass is 9.78. The number of nitrogens with one attached hydrogen (secondary N) is 1. The largest absolute Gasteiger partial charge is 0.496 e. The molecule has 3 nitrogen and oxygen atoms in total. The molecule has 0 aliphatic heterocycles. The van der Waals surface area contributed by atoms with Crippen LogP contribution >= 0.6 is 0 Å². The fourth-order valence-corrected chi connectivity index (χ4v) is 3.68. The van der Waals surface area contributed by atoms with E-state index in [2.05, 4.69) is 37.4 Å². The topological polar surface area (TPSA) is 41.5 Å². The van der Waals surface area contributed by atoms with Gasteiger partial charge < -0.3 is 15.2 Å². The fraction of sp³-hybridized carbons (Fsp3) is 0.684. The molecule has 0 bridgehead atoms. The van der Waals surface area contributed by atoms with Gasteiger partial charge in [0.25, 0.3) is 0 Å². The summed E-state index contributed by atoms with van der Waals surface area (Å²) in [4.78, 5) is 0. The van der Waals surface area contributed by atoms with Crippen molar-refractivity contribution in [2.75, 3.05) is 20.3 Å². The van der Waals surface area contributed by atoms with Gasteiger partial charge in [-0.15, -0.1) is 0 Å². The maximum atomic E-state index is 9.35. The van der Waals surface area contributed by atoms with E-state index in [1.807, 2.05) is 0 Å². The van der Waals surface area contributed by atoms with Gasteiger partial charge in [0.05, 0.1) is 7.11 Å². The lowest BCUT2D eigenvalue weighted by molar-refractivity contribution is 0.158.